The number of aromatic nitrogens is 2. The van der Waals surface area contributed by atoms with Gasteiger partial charge in [-0.05, 0) is 44.4 Å². The van der Waals surface area contributed by atoms with Gasteiger partial charge in [-0.3, -0.25) is 9.36 Å². The Bertz CT molecular complexity index is 807. The molecule has 2 heterocycles. The van der Waals surface area contributed by atoms with E-state index in [1.807, 2.05) is 4.57 Å². The molecule has 7 nitrogen and oxygen atoms in total. The van der Waals surface area contributed by atoms with Gasteiger partial charge < -0.3 is 15.1 Å². The first-order valence-corrected chi connectivity index (χ1v) is 11.0. The van der Waals surface area contributed by atoms with E-state index >= 15 is 0 Å². The van der Waals surface area contributed by atoms with E-state index in [9.17, 15) is 4.79 Å². The molecule has 0 aromatic carbocycles. The zero-order valence-electron chi connectivity index (χ0n) is 17.0. The van der Waals surface area contributed by atoms with Gasteiger partial charge in [0.15, 0.2) is 11.0 Å². The molecular weight excluding hydrogens is 388 g/mol. The highest BCUT2D eigenvalue weighted by Crippen LogP contribution is 2.33. The fraction of sp³-hybridized carbons (Fsp3) is 0.714. The van der Waals surface area contributed by atoms with Crippen molar-refractivity contribution in [3.05, 3.63) is 22.4 Å². The zero-order valence-corrected chi connectivity index (χ0v) is 17.8. The monoisotopic (exact) mass is 416 g/mol. The van der Waals surface area contributed by atoms with Crippen LogP contribution in [0.1, 0.15) is 57.7 Å². The van der Waals surface area contributed by atoms with E-state index in [4.69, 9.17) is 23.4 Å². The summed E-state index contributed by atoms with van der Waals surface area (Å²) in [4.78, 5) is 22.2. The molecule has 0 radical (unpaired) electrons. The molecule has 2 aliphatic rings. The van der Waals surface area contributed by atoms with E-state index in [1.54, 1.807) is 4.90 Å². The highest BCUT2D eigenvalue weighted by Gasteiger charge is 2.31. The number of hydrogen-bond donors (Lipinski definition) is 1. The fourth-order valence-electron chi connectivity index (χ4n) is 4.50. The van der Waals surface area contributed by atoms with Crippen LogP contribution in [0.25, 0.3) is 4.85 Å². The number of likely N-dealkylation sites (tertiary alicyclic amines) is 1. The maximum absolute atomic E-state index is 12.4. The van der Waals surface area contributed by atoms with Crippen molar-refractivity contribution in [1.82, 2.24) is 19.8 Å². The standard InChI is InChI=1S/C21H29ClN6O/c1-3-4-7-18-26-20(22)21(24-2)28(18)14-15-8-9-16(11-15)25-13-19(29)27-10-5-6-17(27)12-23/h15-17,25H,3-11,13-14H2,1H3/t15?,16?,17-/m0/s1. The maximum atomic E-state index is 12.4. The number of hydrogen-bond acceptors (Lipinski definition) is 4. The quantitative estimate of drug-likeness (QED) is 0.655. The largest absolute Gasteiger partial charge is 0.361 e. The summed E-state index contributed by atoms with van der Waals surface area (Å²) >= 11 is 6.19. The Morgan fingerprint density at radius 2 is 2.28 bits per heavy atom. The molecule has 3 rings (SSSR count). The molecule has 1 N–H and O–H groups in total. The molecule has 1 aromatic heterocycles. The lowest BCUT2D eigenvalue weighted by Crippen LogP contribution is -2.42. The molecule has 2 fully saturated rings. The Balaban J connectivity index is 1.53. The predicted octanol–water partition coefficient (Wildman–Crippen LogP) is 3.70. The van der Waals surface area contributed by atoms with Gasteiger partial charge in [0, 0.05) is 19.0 Å². The second kappa shape index (κ2) is 10.1. The minimum absolute atomic E-state index is 0.0241. The van der Waals surface area contributed by atoms with Crippen LogP contribution < -0.4 is 5.32 Å². The SMILES string of the molecule is [C-]#[N+]c1c(Cl)nc(CCCC)n1CC1CCC(NCC(=O)N2CCC[C@H]2C#N)C1. The van der Waals surface area contributed by atoms with Crippen LogP contribution in [0.15, 0.2) is 0 Å². The maximum Gasteiger partial charge on any atom is 0.268 e. The van der Waals surface area contributed by atoms with Crippen LogP contribution in [-0.4, -0.2) is 45.5 Å². The van der Waals surface area contributed by atoms with Crippen molar-refractivity contribution in [2.45, 2.75) is 76.9 Å². The lowest BCUT2D eigenvalue weighted by atomic mass is 10.1. The molecule has 1 amide bonds. The molecule has 8 heteroatoms. The lowest BCUT2D eigenvalue weighted by Gasteiger charge is -2.21. The third-order valence-corrected chi connectivity index (χ3v) is 6.34. The van der Waals surface area contributed by atoms with Gasteiger partial charge in [-0.1, -0.05) is 31.5 Å². The Kier molecular flexibility index (Phi) is 7.52. The number of unbranched alkanes of at least 4 members (excludes halogenated alkanes) is 1. The topological polar surface area (TPSA) is 78.3 Å². The van der Waals surface area contributed by atoms with E-state index < -0.39 is 0 Å². The number of rotatable bonds is 8. The summed E-state index contributed by atoms with van der Waals surface area (Å²) in [5.41, 5.74) is 0. The Labute approximate surface area is 177 Å². The first kappa shape index (κ1) is 21.6. The van der Waals surface area contributed by atoms with Gasteiger partial charge in [0.05, 0.1) is 19.2 Å². The summed E-state index contributed by atoms with van der Waals surface area (Å²) in [5, 5.41) is 12.9. The lowest BCUT2D eigenvalue weighted by molar-refractivity contribution is -0.130. The second-order valence-electron chi connectivity index (χ2n) is 8.10. The molecule has 0 spiro atoms. The summed E-state index contributed by atoms with van der Waals surface area (Å²) in [5.74, 6) is 1.82. The van der Waals surface area contributed by atoms with Crippen LogP contribution in [0.5, 0.6) is 0 Å². The van der Waals surface area contributed by atoms with Crippen LogP contribution in [0, 0.1) is 23.8 Å². The van der Waals surface area contributed by atoms with E-state index in [1.165, 1.54) is 0 Å². The van der Waals surface area contributed by atoms with Crippen LogP contribution in [-0.2, 0) is 17.8 Å². The van der Waals surface area contributed by atoms with Crippen molar-refractivity contribution in [1.29, 1.82) is 5.26 Å². The number of imidazole rings is 1. The van der Waals surface area contributed by atoms with Gasteiger partial charge in [0.2, 0.25) is 5.91 Å². The number of carbonyl (C=O) groups is 1. The van der Waals surface area contributed by atoms with Crippen molar-refractivity contribution >= 4 is 23.3 Å². The summed E-state index contributed by atoms with van der Waals surface area (Å²) < 4.78 is 2.00. The van der Waals surface area contributed by atoms with Crippen LogP contribution in [0.3, 0.4) is 0 Å². The first-order valence-electron chi connectivity index (χ1n) is 10.6. The summed E-state index contributed by atoms with van der Waals surface area (Å²) in [6.07, 6.45) is 7.67. The molecule has 2 unspecified atom stereocenters. The number of nitriles is 1. The molecular formula is C21H29ClN6O. The van der Waals surface area contributed by atoms with E-state index in [2.05, 4.69) is 28.1 Å². The van der Waals surface area contributed by atoms with E-state index in [-0.39, 0.29) is 11.9 Å². The van der Waals surface area contributed by atoms with Gasteiger partial charge in [0.1, 0.15) is 6.04 Å². The molecule has 1 aliphatic carbocycles. The number of nitrogens with zero attached hydrogens (tertiary/aromatic N) is 5. The van der Waals surface area contributed by atoms with Gasteiger partial charge in [-0.2, -0.15) is 5.26 Å². The van der Waals surface area contributed by atoms with Crippen LogP contribution in [0.4, 0.5) is 5.82 Å². The van der Waals surface area contributed by atoms with E-state index in [0.717, 1.165) is 63.7 Å². The highest BCUT2D eigenvalue weighted by molar-refractivity contribution is 6.31. The normalized spacial score (nSPS) is 23.9. The summed E-state index contributed by atoms with van der Waals surface area (Å²) in [6, 6.07) is 2.25. The predicted molar refractivity (Wildman–Crippen MR) is 112 cm³/mol. The minimum Gasteiger partial charge on any atom is -0.361 e. The number of amides is 1. The smallest absolute Gasteiger partial charge is 0.268 e. The molecule has 1 saturated carbocycles. The third kappa shape index (κ3) is 5.10. The number of halogens is 1. The van der Waals surface area contributed by atoms with Gasteiger partial charge in [-0.25, -0.2) is 4.98 Å². The van der Waals surface area contributed by atoms with Crippen molar-refractivity contribution in [3.63, 3.8) is 0 Å². The van der Waals surface area contributed by atoms with Gasteiger partial charge in [-0.15, -0.1) is 0 Å². The fourth-order valence-corrected chi connectivity index (χ4v) is 4.74. The molecule has 156 valence electrons. The molecule has 1 aromatic rings. The second-order valence-corrected chi connectivity index (χ2v) is 8.46. The number of nitrogens with one attached hydrogen (secondary N) is 1. The van der Waals surface area contributed by atoms with Crippen LogP contribution in [0.2, 0.25) is 5.15 Å². The van der Waals surface area contributed by atoms with Crippen molar-refractivity contribution in [2.24, 2.45) is 5.92 Å². The zero-order chi connectivity index (χ0) is 20.8. The average molecular weight is 417 g/mol. The summed E-state index contributed by atoms with van der Waals surface area (Å²) in [6.45, 7) is 11.3. The van der Waals surface area contributed by atoms with Crippen LogP contribution >= 0.6 is 11.6 Å². The van der Waals surface area contributed by atoms with Gasteiger partial charge in [0.25, 0.3) is 5.82 Å². The Hall–Kier alpha value is -2.09. The van der Waals surface area contributed by atoms with Crippen molar-refractivity contribution in [3.8, 4) is 6.07 Å². The highest BCUT2D eigenvalue weighted by atomic mass is 35.5. The van der Waals surface area contributed by atoms with Crippen molar-refractivity contribution in [2.75, 3.05) is 13.1 Å². The van der Waals surface area contributed by atoms with E-state index in [0.29, 0.717) is 36.0 Å². The molecule has 1 aliphatic heterocycles. The number of carbonyl (C=O) groups excluding carboxylic acids is 1. The molecule has 29 heavy (non-hydrogen) atoms. The Morgan fingerprint density at radius 1 is 1.45 bits per heavy atom. The third-order valence-electron chi connectivity index (χ3n) is 6.08. The molecule has 1 saturated heterocycles. The average Bonchev–Trinajstić information content (AvgIpc) is 3.43. The molecule has 0 bridgehead atoms. The first-order chi connectivity index (χ1) is 14.1. The summed E-state index contributed by atoms with van der Waals surface area (Å²) in [7, 11) is 0. The Morgan fingerprint density at radius 3 is 3.00 bits per heavy atom. The molecule has 3 atom stereocenters. The van der Waals surface area contributed by atoms with Gasteiger partial charge >= 0.3 is 0 Å². The van der Waals surface area contributed by atoms with Crippen molar-refractivity contribution < 1.29 is 4.79 Å². The minimum atomic E-state index is -0.264. The number of aryl methyl sites for hydroxylation is 1.